The highest BCUT2D eigenvalue weighted by atomic mass is 32.1. The van der Waals surface area contributed by atoms with E-state index in [1.807, 2.05) is 60.5 Å². The van der Waals surface area contributed by atoms with Crippen molar-refractivity contribution >= 4 is 34.8 Å². The number of hydrogen-bond donors (Lipinski definition) is 2. The van der Waals surface area contributed by atoms with Gasteiger partial charge in [0.1, 0.15) is 0 Å². The van der Waals surface area contributed by atoms with Crippen LogP contribution in [0.15, 0.2) is 54.6 Å². The Kier molecular flexibility index (Phi) is 7.97. The average Bonchev–Trinajstić information content (AvgIpc) is 2.78. The molecule has 5 nitrogen and oxygen atoms in total. The Hall–Kier alpha value is -2.73. The molecule has 1 saturated carbocycles. The van der Waals surface area contributed by atoms with Crippen molar-refractivity contribution in [3.8, 4) is 0 Å². The van der Waals surface area contributed by atoms with E-state index in [9.17, 15) is 9.59 Å². The Morgan fingerprint density at radius 3 is 2.40 bits per heavy atom. The number of carbonyl (C=O) groups is 2. The molecule has 0 atom stereocenters. The van der Waals surface area contributed by atoms with Crippen LogP contribution in [0.5, 0.6) is 0 Å². The minimum atomic E-state index is -0.153. The lowest BCUT2D eigenvalue weighted by molar-refractivity contribution is -0.119. The van der Waals surface area contributed by atoms with Crippen LogP contribution in [-0.4, -0.2) is 34.9 Å². The molecular formula is C24H29N3O2S. The first-order valence-electron chi connectivity index (χ1n) is 10.6. The predicted molar refractivity (Wildman–Crippen MR) is 125 cm³/mol. The fraction of sp³-hybridized carbons (Fsp3) is 0.375. The Balaban J connectivity index is 1.57. The number of nitrogens with one attached hydrogen (secondary N) is 2. The fourth-order valence-electron chi connectivity index (χ4n) is 3.85. The van der Waals surface area contributed by atoms with Crippen molar-refractivity contribution in [1.29, 1.82) is 0 Å². The molecule has 0 saturated heterocycles. The topological polar surface area (TPSA) is 61.4 Å². The smallest absolute Gasteiger partial charge is 0.255 e. The van der Waals surface area contributed by atoms with Crippen LogP contribution in [0.4, 0.5) is 5.69 Å². The van der Waals surface area contributed by atoms with Crippen molar-refractivity contribution in [2.24, 2.45) is 0 Å². The molecule has 158 valence electrons. The first-order chi connectivity index (χ1) is 14.5. The summed E-state index contributed by atoms with van der Waals surface area (Å²) in [5.74, 6) is -0.178. The molecule has 0 spiro atoms. The van der Waals surface area contributed by atoms with Gasteiger partial charge in [0.05, 0.1) is 11.3 Å². The first kappa shape index (κ1) is 22.0. The second-order valence-corrected chi connectivity index (χ2v) is 8.15. The van der Waals surface area contributed by atoms with Gasteiger partial charge in [0, 0.05) is 19.5 Å². The number of amides is 2. The summed E-state index contributed by atoms with van der Waals surface area (Å²) in [5.41, 5.74) is 2.28. The summed E-state index contributed by atoms with van der Waals surface area (Å²) in [7, 11) is 1.87. The molecule has 30 heavy (non-hydrogen) atoms. The van der Waals surface area contributed by atoms with Gasteiger partial charge in [0.25, 0.3) is 5.91 Å². The Morgan fingerprint density at radius 2 is 1.67 bits per heavy atom. The highest BCUT2D eigenvalue weighted by Crippen LogP contribution is 2.25. The highest BCUT2D eigenvalue weighted by Gasteiger charge is 2.24. The number of anilines is 1. The standard InChI is InChI=1S/C24H29N3O2S/c1-27(19-12-6-3-7-13-19)23(29)20-14-8-9-15-21(20)25-24(30)26-22(28)17-16-18-10-4-2-5-11-18/h2,4-5,8-11,14-15,19H,3,6-7,12-13,16-17H2,1H3,(H2,25,26,28,30). The van der Waals surface area contributed by atoms with Crippen LogP contribution >= 0.6 is 12.2 Å². The molecule has 2 aromatic carbocycles. The molecule has 0 radical (unpaired) electrons. The number of para-hydroxylation sites is 1. The highest BCUT2D eigenvalue weighted by molar-refractivity contribution is 7.80. The van der Waals surface area contributed by atoms with E-state index in [4.69, 9.17) is 12.2 Å². The third-order valence-corrected chi connectivity index (χ3v) is 5.79. The number of aryl methyl sites for hydroxylation is 1. The molecule has 0 heterocycles. The van der Waals surface area contributed by atoms with Crippen molar-refractivity contribution < 1.29 is 9.59 Å². The minimum absolute atomic E-state index is 0.0248. The first-order valence-corrected chi connectivity index (χ1v) is 11.0. The summed E-state index contributed by atoms with van der Waals surface area (Å²) in [4.78, 5) is 27.2. The Morgan fingerprint density at radius 1 is 1.00 bits per heavy atom. The van der Waals surface area contributed by atoms with E-state index < -0.39 is 0 Å². The van der Waals surface area contributed by atoms with Gasteiger partial charge in [-0.15, -0.1) is 0 Å². The fourth-order valence-corrected chi connectivity index (χ4v) is 4.07. The molecule has 2 amide bonds. The molecule has 0 aliphatic heterocycles. The van der Waals surface area contributed by atoms with Crippen molar-refractivity contribution in [1.82, 2.24) is 10.2 Å². The quantitative estimate of drug-likeness (QED) is 0.670. The maximum atomic E-state index is 13.1. The van der Waals surface area contributed by atoms with Crippen LogP contribution in [0.25, 0.3) is 0 Å². The summed E-state index contributed by atoms with van der Waals surface area (Å²) in [6.07, 6.45) is 6.67. The number of carbonyl (C=O) groups excluding carboxylic acids is 2. The summed E-state index contributed by atoms with van der Waals surface area (Å²) < 4.78 is 0. The molecule has 2 aromatic rings. The minimum Gasteiger partial charge on any atom is -0.339 e. The number of thiocarbonyl (C=S) groups is 1. The molecular weight excluding hydrogens is 394 g/mol. The van der Waals surface area contributed by atoms with Crippen molar-refractivity contribution in [2.75, 3.05) is 12.4 Å². The lowest BCUT2D eigenvalue weighted by Gasteiger charge is -2.31. The van der Waals surface area contributed by atoms with Crippen LogP contribution in [0, 0.1) is 0 Å². The largest absolute Gasteiger partial charge is 0.339 e. The molecule has 0 unspecified atom stereocenters. The number of rotatable bonds is 6. The van der Waals surface area contributed by atoms with Gasteiger partial charge in [0.2, 0.25) is 5.91 Å². The lowest BCUT2D eigenvalue weighted by Crippen LogP contribution is -2.39. The maximum absolute atomic E-state index is 13.1. The van der Waals surface area contributed by atoms with Crippen LogP contribution in [0.3, 0.4) is 0 Å². The molecule has 2 N–H and O–H groups in total. The van der Waals surface area contributed by atoms with E-state index in [-0.39, 0.29) is 23.0 Å². The van der Waals surface area contributed by atoms with Crippen molar-refractivity contribution in [2.45, 2.75) is 51.0 Å². The Bertz CT molecular complexity index is 879. The molecule has 6 heteroatoms. The van der Waals surface area contributed by atoms with Gasteiger partial charge in [-0.3, -0.25) is 9.59 Å². The van der Waals surface area contributed by atoms with Crippen LogP contribution in [-0.2, 0) is 11.2 Å². The molecule has 1 fully saturated rings. The summed E-state index contributed by atoms with van der Waals surface area (Å²) >= 11 is 5.31. The van der Waals surface area contributed by atoms with E-state index in [1.54, 1.807) is 6.07 Å². The second-order valence-electron chi connectivity index (χ2n) is 7.74. The van der Waals surface area contributed by atoms with Gasteiger partial charge < -0.3 is 15.5 Å². The van der Waals surface area contributed by atoms with Crippen LogP contribution in [0.2, 0.25) is 0 Å². The normalized spacial score (nSPS) is 14.0. The summed E-state index contributed by atoms with van der Waals surface area (Å²) in [6, 6.07) is 17.4. The van der Waals surface area contributed by atoms with Crippen molar-refractivity contribution in [3.05, 3.63) is 65.7 Å². The zero-order chi connectivity index (χ0) is 21.3. The molecule has 3 rings (SSSR count). The van der Waals surface area contributed by atoms with Crippen molar-refractivity contribution in [3.63, 3.8) is 0 Å². The molecule has 0 aromatic heterocycles. The predicted octanol–water partition coefficient (Wildman–Crippen LogP) is 4.54. The van der Waals surface area contributed by atoms with Gasteiger partial charge in [-0.25, -0.2) is 0 Å². The van der Waals surface area contributed by atoms with E-state index in [1.165, 1.54) is 19.3 Å². The van der Waals surface area contributed by atoms with Gasteiger partial charge in [-0.2, -0.15) is 0 Å². The zero-order valence-electron chi connectivity index (χ0n) is 17.4. The summed E-state index contributed by atoms with van der Waals surface area (Å²) in [5, 5.41) is 5.95. The number of nitrogens with zero attached hydrogens (tertiary/aromatic N) is 1. The summed E-state index contributed by atoms with van der Waals surface area (Å²) in [6.45, 7) is 0. The zero-order valence-corrected chi connectivity index (χ0v) is 18.2. The molecule has 1 aliphatic rings. The average molecular weight is 424 g/mol. The SMILES string of the molecule is CN(C(=O)c1ccccc1NC(=S)NC(=O)CCc1ccccc1)C1CCCCC1. The van der Waals surface area contributed by atoms with Gasteiger partial charge in [-0.1, -0.05) is 61.7 Å². The number of benzene rings is 2. The van der Waals surface area contributed by atoms with Crippen LogP contribution in [0.1, 0.15) is 54.4 Å². The van der Waals surface area contributed by atoms with E-state index in [0.717, 1.165) is 18.4 Å². The second kappa shape index (κ2) is 10.9. The third kappa shape index (κ3) is 6.13. The third-order valence-electron chi connectivity index (χ3n) is 5.58. The monoisotopic (exact) mass is 423 g/mol. The molecule has 1 aliphatic carbocycles. The maximum Gasteiger partial charge on any atom is 0.255 e. The molecule has 0 bridgehead atoms. The van der Waals surface area contributed by atoms with E-state index in [2.05, 4.69) is 10.6 Å². The Labute approximate surface area is 183 Å². The van der Waals surface area contributed by atoms with E-state index >= 15 is 0 Å². The van der Waals surface area contributed by atoms with Gasteiger partial charge in [-0.05, 0) is 49.2 Å². The lowest BCUT2D eigenvalue weighted by atomic mass is 9.94. The van der Waals surface area contributed by atoms with E-state index in [0.29, 0.717) is 24.1 Å². The van der Waals surface area contributed by atoms with Gasteiger partial charge >= 0.3 is 0 Å². The van der Waals surface area contributed by atoms with Gasteiger partial charge in [0.15, 0.2) is 5.11 Å². The van der Waals surface area contributed by atoms with Crippen LogP contribution < -0.4 is 10.6 Å². The number of hydrogen-bond acceptors (Lipinski definition) is 3.